The van der Waals surface area contributed by atoms with Crippen molar-refractivity contribution < 1.29 is 0 Å². The first-order chi connectivity index (χ1) is 9.81. The summed E-state index contributed by atoms with van der Waals surface area (Å²) >= 11 is 0. The van der Waals surface area contributed by atoms with E-state index in [0.717, 1.165) is 30.6 Å². The zero-order valence-corrected chi connectivity index (χ0v) is 11.5. The summed E-state index contributed by atoms with van der Waals surface area (Å²) in [6.45, 7) is 0.593. The Morgan fingerprint density at radius 3 is 3.20 bits per heavy atom. The van der Waals surface area contributed by atoms with Crippen LogP contribution in [0, 0.1) is 5.92 Å². The number of para-hydroxylation sites is 2. The summed E-state index contributed by atoms with van der Waals surface area (Å²) < 4.78 is 0. The Balaban J connectivity index is 1.83. The van der Waals surface area contributed by atoms with Crippen LogP contribution in [-0.2, 0) is 0 Å². The van der Waals surface area contributed by atoms with Crippen molar-refractivity contribution >= 4 is 17.6 Å². The van der Waals surface area contributed by atoms with Crippen molar-refractivity contribution in [1.82, 2.24) is 0 Å². The van der Waals surface area contributed by atoms with E-state index < -0.39 is 0 Å². The number of benzene rings is 1. The number of hydrogen-bond acceptors (Lipinski definition) is 3. The fourth-order valence-electron chi connectivity index (χ4n) is 3.32. The molecular weight excluding hydrogens is 250 g/mol. The lowest BCUT2D eigenvalue weighted by Gasteiger charge is -2.36. The Morgan fingerprint density at radius 1 is 1.40 bits per heavy atom. The van der Waals surface area contributed by atoms with Crippen molar-refractivity contribution in [3.8, 4) is 0 Å². The molecule has 5 heteroatoms. The zero-order valence-electron chi connectivity index (χ0n) is 11.5. The molecule has 2 atom stereocenters. The molecule has 1 aliphatic carbocycles. The normalized spacial score (nSPS) is 28.1. The Labute approximate surface area is 118 Å². The fourth-order valence-corrected chi connectivity index (χ4v) is 3.32. The predicted molar refractivity (Wildman–Crippen MR) is 81.5 cm³/mol. The Bertz CT molecular complexity index is 561. The highest BCUT2D eigenvalue weighted by Gasteiger charge is 2.35. The van der Waals surface area contributed by atoms with Crippen molar-refractivity contribution in [3.63, 3.8) is 0 Å². The van der Waals surface area contributed by atoms with E-state index in [1.807, 2.05) is 18.2 Å². The lowest BCUT2D eigenvalue weighted by Crippen LogP contribution is -2.42. The van der Waals surface area contributed by atoms with Gasteiger partial charge in [-0.3, -0.25) is 4.99 Å². The highest BCUT2D eigenvalue weighted by atomic mass is 15.1. The quantitative estimate of drug-likeness (QED) is 0.481. The van der Waals surface area contributed by atoms with E-state index in [4.69, 9.17) is 5.53 Å². The average molecular weight is 269 g/mol. The smallest absolute Gasteiger partial charge is 0.0858 e. The number of nitrogens with one attached hydrogen (secondary N) is 1. The molecule has 2 unspecified atom stereocenters. The van der Waals surface area contributed by atoms with Crippen molar-refractivity contribution in [3.05, 3.63) is 34.7 Å². The molecule has 0 aromatic heterocycles. The number of hydrogen-bond donors (Lipinski definition) is 1. The molecular formula is C15H19N5. The van der Waals surface area contributed by atoms with E-state index in [1.54, 1.807) is 0 Å². The lowest BCUT2D eigenvalue weighted by molar-refractivity contribution is 0.422. The molecule has 0 amide bonds. The van der Waals surface area contributed by atoms with Crippen LogP contribution >= 0.6 is 0 Å². The molecule has 20 heavy (non-hydrogen) atoms. The SMILES string of the molecule is [N-]=[N+]=NCC1CCCCC2(C=Nc3ccccc3N2)C1. The molecule has 2 aliphatic rings. The van der Waals surface area contributed by atoms with Gasteiger partial charge in [0.2, 0.25) is 0 Å². The second kappa shape index (κ2) is 5.55. The number of azide groups is 1. The maximum atomic E-state index is 8.52. The molecule has 0 radical (unpaired) electrons. The minimum Gasteiger partial charge on any atom is -0.373 e. The first-order valence-corrected chi connectivity index (χ1v) is 7.25. The van der Waals surface area contributed by atoms with Gasteiger partial charge in [0.25, 0.3) is 0 Å². The van der Waals surface area contributed by atoms with Gasteiger partial charge in [0.1, 0.15) is 0 Å². The largest absolute Gasteiger partial charge is 0.373 e. The van der Waals surface area contributed by atoms with Gasteiger partial charge in [-0.1, -0.05) is 36.5 Å². The van der Waals surface area contributed by atoms with Gasteiger partial charge in [0, 0.05) is 17.7 Å². The molecule has 5 nitrogen and oxygen atoms in total. The van der Waals surface area contributed by atoms with Gasteiger partial charge in [-0.15, -0.1) is 0 Å². The maximum Gasteiger partial charge on any atom is 0.0858 e. The van der Waals surface area contributed by atoms with Gasteiger partial charge in [-0.2, -0.15) is 0 Å². The van der Waals surface area contributed by atoms with Crippen LogP contribution in [0.3, 0.4) is 0 Å². The third kappa shape index (κ3) is 2.63. The molecule has 1 saturated carbocycles. The standard InChI is InChI=1S/C15H19N5/c16-20-18-10-12-5-3-4-8-15(9-12)11-17-13-6-1-2-7-14(13)19-15/h1-2,6-7,11-12,19H,3-5,8-10H2. The van der Waals surface area contributed by atoms with Crippen LogP contribution in [0.15, 0.2) is 34.4 Å². The molecule has 1 N–H and O–H groups in total. The Morgan fingerprint density at radius 2 is 2.30 bits per heavy atom. The minimum absolute atomic E-state index is 0.0690. The zero-order chi connectivity index (χ0) is 13.8. The summed E-state index contributed by atoms with van der Waals surface area (Å²) in [5.74, 6) is 0.442. The van der Waals surface area contributed by atoms with Crippen LogP contribution in [0.5, 0.6) is 0 Å². The van der Waals surface area contributed by atoms with Crippen LogP contribution in [0.2, 0.25) is 0 Å². The van der Waals surface area contributed by atoms with E-state index in [-0.39, 0.29) is 5.54 Å². The molecule has 1 spiro atoms. The van der Waals surface area contributed by atoms with E-state index in [0.29, 0.717) is 12.5 Å². The van der Waals surface area contributed by atoms with Gasteiger partial charge < -0.3 is 5.32 Å². The van der Waals surface area contributed by atoms with Crippen molar-refractivity contribution in [1.29, 1.82) is 0 Å². The Hall–Kier alpha value is -2.00. The second-order valence-corrected chi connectivity index (χ2v) is 5.79. The monoisotopic (exact) mass is 269 g/mol. The fraction of sp³-hybridized carbons (Fsp3) is 0.533. The first kappa shape index (κ1) is 13.0. The molecule has 0 saturated heterocycles. The predicted octanol–water partition coefficient (Wildman–Crippen LogP) is 4.44. The molecule has 1 aromatic rings. The number of aliphatic imine (C=N–C) groups is 1. The number of fused-ring (bicyclic) bond motifs is 1. The third-order valence-corrected chi connectivity index (χ3v) is 4.28. The van der Waals surface area contributed by atoms with Crippen molar-refractivity contribution in [2.24, 2.45) is 16.0 Å². The van der Waals surface area contributed by atoms with Gasteiger partial charge in [0.15, 0.2) is 0 Å². The summed E-state index contributed by atoms with van der Waals surface area (Å²) in [5.41, 5.74) is 10.6. The van der Waals surface area contributed by atoms with Gasteiger partial charge in [-0.25, -0.2) is 0 Å². The van der Waals surface area contributed by atoms with E-state index in [1.165, 1.54) is 12.8 Å². The summed E-state index contributed by atoms with van der Waals surface area (Å²) in [6, 6.07) is 8.16. The van der Waals surface area contributed by atoms with Crippen LogP contribution in [0.25, 0.3) is 10.4 Å². The number of nitrogens with zero attached hydrogens (tertiary/aromatic N) is 4. The molecule has 1 fully saturated rings. The highest BCUT2D eigenvalue weighted by molar-refractivity contribution is 5.86. The lowest BCUT2D eigenvalue weighted by atomic mass is 9.85. The summed E-state index contributed by atoms with van der Waals surface area (Å²) in [4.78, 5) is 7.54. The summed E-state index contributed by atoms with van der Waals surface area (Å²) in [5, 5.41) is 7.44. The molecule has 1 heterocycles. The molecule has 1 aliphatic heterocycles. The first-order valence-electron chi connectivity index (χ1n) is 7.25. The average Bonchev–Trinajstić information content (AvgIpc) is 2.67. The minimum atomic E-state index is -0.0690. The summed E-state index contributed by atoms with van der Waals surface area (Å²) in [7, 11) is 0. The van der Waals surface area contributed by atoms with E-state index >= 15 is 0 Å². The van der Waals surface area contributed by atoms with Crippen molar-refractivity contribution in [2.75, 3.05) is 11.9 Å². The van der Waals surface area contributed by atoms with Crippen molar-refractivity contribution in [2.45, 2.75) is 37.6 Å². The topological polar surface area (TPSA) is 73.2 Å². The highest BCUT2D eigenvalue weighted by Crippen LogP contribution is 2.39. The van der Waals surface area contributed by atoms with Crippen LogP contribution in [0.1, 0.15) is 32.1 Å². The summed E-state index contributed by atoms with van der Waals surface area (Å²) in [6.07, 6.45) is 7.68. The maximum absolute atomic E-state index is 8.52. The molecule has 3 rings (SSSR count). The van der Waals surface area contributed by atoms with Gasteiger partial charge in [0.05, 0.1) is 16.9 Å². The van der Waals surface area contributed by atoms with Gasteiger partial charge >= 0.3 is 0 Å². The van der Waals surface area contributed by atoms with Crippen LogP contribution < -0.4 is 5.32 Å². The second-order valence-electron chi connectivity index (χ2n) is 5.79. The number of anilines is 1. The van der Waals surface area contributed by atoms with Gasteiger partial charge in [-0.05, 0) is 36.4 Å². The number of rotatable bonds is 2. The van der Waals surface area contributed by atoms with E-state index in [9.17, 15) is 0 Å². The van der Waals surface area contributed by atoms with Crippen LogP contribution in [-0.4, -0.2) is 18.3 Å². The molecule has 104 valence electrons. The molecule has 1 aromatic carbocycles. The van der Waals surface area contributed by atoms with E-state index in [2.05, 4.69) is 32.6 Å². The molecule has 0 bridgehead atoms. The van der Waals surface area contributed by atoms with Crippen LogP contribution in [0.4, 0.5) is 11.4 Å². The Kier molecular flexibility index (Phi) is 3.61. The third-order valence-electron chi connectivity index (χ3n) is 4.28.